The van der Waals surface area contributed by atoms with Crippen LogP contribution in [0.2, 0.25) is 0 Å². The largest absolute Gasteiger partial charge is 0.463 e. The van der Waals surface area contributed by atoms with Crippen molar-refractivity contribution >= 4 is 6.08 Å². The van der Waals surface area contributed by atoms with Gasteiger partial charge in [-0.25, -0.2) is 0 Å². The highest BCUT2D eigenvalue weighted by molar-refractivity contribution is 5.48. The van der Waals surface area contributed by atoms with Crippen LogP contribution in [0.1, 0.15) is 5.56 Å². The molecule has 0 amide bonds. The fraction of sp³-hybridized carbons (Fsp3) is 0.200. The zero-order valence-electron chi connectivity index (χ0n) is 7.18. The summed E-state index contributed by atoms with van der Waals surface area (Å²) in [5.74, 6) is 0.521. The lowest BCUT2D eigenvalue weighted by molar-refractivity contribution is -0.0548. The van der Waals surface area contributed by atoms with Crippen molar-refractivity contribution in [3.63, 3.8) is 0 Å². The molecule has 0 bridgehead atoms. The fourth-order valence-electron chi connectivity index (χ4n) is 0.877. The molecule has 1 aromatic carbocycles. The minimum Gasteiger partial charge on any atom is -0.463 e. The Morgan fingerprint density at radius 3 is 2.46 bits per heavy atom. The predicted octanol–water partition coefficient (Wildman–Crippen LogP) is 1.02. The van der Waals surface area contributed by atoms with Crippen molar-refractivity contribution in [2.75, 3.05) is 6.61 Å². The van der Waals surface area contributed by atoms with E-state index in [-0.39, 0.29) is 0 Å². The van der Waals surface area contributed by atoms with Crippen LogP contribution >= 0.6 is 0 Å². The van der Waals surface area contributed by atoms with E-state index in [2.05, 4.69) is 6.58 Å². The normalized spacial score (nSPS) is 12.2. The third-order valence-corrected chi connectivity index (χ3v) is 1.54. The lowest BCUT2D eigenvalue weighted by Crippen LogP contribution is -2.19. The van der Waals surface area contributed by atoms with Gasteiger partial charge in [-0.2, -0.15) is 0 Å². The van der Waals surface area contributed by atoms with E-state index in [0.717, 1.165) is 5.56 Å². The lowest BCUT2D eigenvalue weighted by atomic mass is 10.2. The van der Waals surface area contributed by atoms with Gasteiger partial charge < -0.3 is 14.9 Å². The van der Waals surface area contributed by atoms with Crippen molar-refractivity contribution < 1.29 is 14.9 Å². The first-order chi connectivity index (χ1) is 6.26. The Balaban J connectivity index is 2.63. The second-order valence-corrected chi connectivity index (χ2v) is 2.53. The van der Waals surface area contributed by atoms with Crippen molar-refractivity contribution in [2.45, 2.75) is 6.29 Å². The molecular formula is C10H12O3. The summed E-state index contributed by atoms with van der Waals surface area (Å²) in [7, 11) is 0. The zero-order chi connectivity index (χ0) is 9.68. The van der Waals surface area contributed by atoms with Gasteiger partial charge in [-0.15, -0.1) is 0 Å². The summed E-state index contributed by atoms with van der Waals surface area (Å²) in [6, 6.07) is 7.03. The van der Waals surface area contributed by atoms with Gasteiger partial charge in [0, 0.05) is 0 Å². The topological polar surface area (TPSA) is 49.7 Å². The van der Waals surface area contributed by atoms with Crippen LogP contribution in [-0.2, 0) is 0 Å². The minimum atomic E-state index is -1.16. The summed E-state index contributed by atoms with van der Waals surface area (Å²) in [6.07, 6.45) is 0.557. The Hall–Kier alpha value is -1.32. The van der Waals surface area contributed by atoms with E-state index in [0.29, 0.717) is 5.75 Å². The van der Waals surface area contributed by atoms with E-state index in [1.807, 2.05) is 12.1 Å². The Morgan fingerprint density at radius 1 is 1.38 bits per heavy atom. The highest BCUT2D eigenvalue weighted by Crippen LogP contribution is 2.13. The standard InChI is InChI=1S/C10H12O3/c1-2-8-3-5-9(6-4-8)13-10(12)7-11/h2-6,10-12H,1,7H2. The summed E-state index contributed by atoms with van der Waals surface area (Å²) in [5, 5.41) is 17.5. The van der Waals surface area contributed by atoms with Gasteiger partial charge in [0.15, 0.2) is 0 Å². The smallest absolute Gasteiger partial charge is 0.220 e. The molecule has 13 heavy (non-hydrogen) atoms. The molecule has 1 atom stereocenters. The van der Waals surface area contributed by atoms with E-state index in [1.165, 1.54) is 0 Å². The molecule has 0 fully saturated rings. The highest BCUT2D eigenvalue weighted by atomic mass is 16.6. The van der Waals surface area contributed by atoms with Crippen LogP contribution in [0, 0.1) is 0 Å². The maximum Gasteiger partial charge on any atom is 0.220 e. The second-order valence-electron chi connectivity index (χ2n) is 2.53. The van der Waals surface area contributed by atoms with E-state index in [9.17, 15) is 0 Å². The molecule has 70 valence electrons. The summed E-state index contributed by atoms with van der Waals surface area (Å²) >= 11 is 0. The number of aliphatic hydroxyl groups excluding tert-OH is 2. The van der Waals surface area contributed by atoms with Crippen LogP contribution in [-0.4, -0.2) is 23.1 Å². The van der Waals surface area contributed by atoms with Crippen molar-refractivity contribution in [2.24, 2.45) is 0 Å². The molecule has 0 aliphatic heterocycles. The molecule has 0 aliphatic carbocycles. The third-order valence-electron chi connectivity index (χ3n) is 1.54. The Bertz CT molecular complexity index is 266. The van der Waals surface area contributed by atoms with Gasteiger partial charge in [-0.1, -0.05) is 24.8 Å². The van der Waals surface area contributed by atoms with Crippen LogP contribution in [0.15, 0.2) is 30.8 Å². The molecule has 0 radical (unpaired) electrons. The molecule has 1 aromatic rings. The van der Waals surface area contributed by atoms with Crippen molar-refractivity contribution in [3.05, 3.63) is 36.4 Å². The van der Waals surface area contributed by atoms with Crippen LogP contribution < -0.4 is 4.74 Å². The molecule has 3 heteroatoms. The maximum absolute atomic E-state index is 8.95. The Labute approximate surface area is 76.9 Å². The first-order valence-electron chi connectivity index (χ1n) is 3.94. The molecule has 3 nitrogen and oxygen atoms in total. The average molecular weight is 180 g/mol. The van der Waals surface area contributed by atoms with Crippen molar-refractivity contribution in [3.8, 4) is 5.75 Å². The molecule has 0 spiro atoms. The van der Waals surface area contributed by atoms with E-state index in [4.69, 9.17) is 14.9 Å². The number of rotatable bonds is 4. The first-order valence-corrected chi connectivity index (χ1v) is 3.94. The quantitative estimate of drug-likeness (QED) is 0.680. The second kappa shape index (κ2) is 4.64. The molecule has 2 N–H and O–H groups in total. The predicted molar refractivity (Wildman–Crippen MR) is 50.3 cm³/mol. The van der Waals surface area contributed by atoms with Gasteiger partial charge in [0.1, 0.15) is 12.4 Å². The number of hydrogen-bond donors (Lipinski definition) is 2. The first kappa shape index (κ1) is 9.77. The van der Waals surface area contributed by atoms with Gasteiger partial charge in [0.25, 0.3) is 0 Å². The van der Waals surface area contributed by atoms with Crippen LogP contribution in [0.4, 0.5) is 0 Å². The van der Waals surface area contributed by atoms with E-state index in [1.54, 1.807) is 18.2 Å². The molecule has 0 aliphatic rings. The highest BCUT2D eigenvalue weighted by Gasteiger charge is 2.02. The summed E-state index contributed by atoms with van der Waals surface area (Å²) in [6.45, 7) is 3.19. The van der Waals surface area contributed by atoms with Crippen molar-refractivity contribution in [1.29, 1.82) is 0 Å². The maximum atomic E-state index is 8.95. The Morgan fingerprint density at radius 2 is 2.00 bits per heavy atom. The molecule has 0 saturated heterocycles. The van der Waals surface area contributed by atoms with E-state index >= 15 is 0 Å². The van der Waals surface area contributed by atoms with Gasteiger partial charge in [-0.3, -0.25) is 0 Å². The van der Waals surface area contributed by atoms with Gasteiger partial charge in [-0.05, 0) is 17.7 Å². The third kappa shape index (κ3) is 2.89. The molecule has 1 rings (SSSR count). The summed E-state index contributed by atoms with van der Waals surface area (Å²) < 4.78 is 4.93. The van der Waals surface area contributed by atoms with E-state index < -0.39 is 12.9 Å². The van der Waals surface area contributed by atoms with Gasteiger partial charge in [0.2, 0.25) is 6.29 Å². The van der Waals surface area contributed by atoms with Crippen LogP contribution in [0.25, 0.3) is 6.08 Å². The molecular weight excluding hydrogens is 168 g/mol. The Kier molecular flexibility index (Phi) is 3.49. The molecule has 0 saturated carbocycles. The number of benzene rings is 1. The summed E-state index contributed by atoms with van der Waals surface area (Å²) in [5.41, 5.74) is 0.978. The fourth-order valence-corrected chi connectivity index (χ4v) is 0.877. The minimum absolute atomic E-state index is 0.413. The number of aliphatic hydroxyl groups is 2. The summed E-state index contributed by atoms with van der Waals surface area (Å²) in [4.78, 5) is 0. The number of hydrogen-bond acceptors (Lipinski definition) is 3. The molecule has 0 aromatic heterocycles. The average Bonchev–Trinajstić information content (AvgIpc) is 2.19. The number of ether oxygens (including phenoxy) is 1. The monoisotopic (exact) mass is 180 g/mol. The zero-order valence-corrected chi connectivity index (χ0v) is 7.18. The van der Waals surface area contributed by atoms with Gasteiger partial charge in [0.05, 0.1) is 0 Å². The van der Waals surface area contributed by atoms with Crippen molar-refractivity contribution in [1.82, 2.24) is 0 Å². The molecule has 0 heterocycles. The molecule has 1 unspecified atom stereocenters. The van der Waals surface area contributed by atoms with Gasteiger partial charge >= 0.3 is 0 Å². The van der Waals surface area contributed by atoms with Crippen LogP contribution in [0.5, 0.6) is 5.75 Å². The van der Waals surface area contributed by atoms with Crippen LogP contribution in [0.3, 0.4) is 0 Å². The SMILES string of the molecule is C=Cc1ccc(OC(O)CO)cc1. The lowest BCUT2D eigenvalue weighted by Gasteiger charge is -2.10.